The maximum absolute atomic E-state index is 13.0. The average Bonchev–Trinajstić information content (AvgIpc) is 2.95. The number of benzene rings is 1. The molecule has 1 aromatic carbocycles. The van der Waals surface area contributed by atoms with Gasteiger partial charge in [0.1, 0.15) is 0 Å². The number of thioether (sulfide) groups is 1. The summed E-state index contributed by atoms with van der Waals surface area (Å²) in [5, 5.41) is 10.4. The van der Waals surface area contributed by atoms with E-state index in [0.717, 1.165) is 40.4 Å². The number of ketones is 1. The molecule has 0 aliphatic heterocycles. The predicted octanol–water partition coefficient (Wildman–Crippen LogP) is 3.31. The van der Waals surface area contributed by atoms with E-state index in [4.69, 9.17) is 0 Å². The van der Waals surface area contributed by atoms with Crippen molar-refractivity contribution in [3.8, 4) is 0 Å². The predicted molar refractivity (Wildman–Crippen MR) is 84.8 cm³/mol. The molecule has 1 aromatic heterocycles. The largest absolute Gasteiger partial charge is 0.297 e. The van der Waals surface area contributed by atoms with E-state index in [-0.39, 0.29) is 5.56 Å². The Morgan fingerprint density at radius 1 is 1.26 bits per heavy atom. The van der Waals surface area contributed by atoms with Crippen LogP contribution in [0.4, 0.5) is 13.9 Å². The van der Waals surface area contributed by atoms with Crippen LogP contribution in [0.2, 0.25) is 0 Å². The highest BCUT2D eigenvalue weighted by molar-refractivity contribution is 8.01. The first-order chi connectivity index (χ1) is 11.0. The van der Waals surface area contributed by atoms with E-state index >= 15 is 0 Å². The minimum absolute atomic E-state index is 0.0505. The van der Waals surface area contributed by atoms with Crippen molar-refractivity contribution in [3.63, 3.8) is 0 Å². The molecule has 2 aromatic rings. The third-order valence-electron chi connectivity index (χ3n) is 2.49. The Kier molecular flexibility index (Phi) is 5.94. The van der Waals surface area contributed by atoms with Gasteiger partial charge in [-0.1, -0.05) is 30.0 Å². The molecule has 0 fully saturated rings. The van der Waals surface area contributed by atoms with Crippen LogP contribution in [0.5, 0.6) is 0 Å². The molecule has 1 heterocycles. The van der Waals surface area contributed by atoms with Gasteiger partial charge in [0.05, 0.1) is 0 Å². The lowest BCUT2D eigenvalue weighted by Gasteiger charge is -1.97. The van der Waals surface area contributed by atoms with Gasteiger partial charge in [-0.15, -0.1) is 10.2 Å². The van der Waals surface area contributed by atoms with Gasteiger partial charge < -0.3 is 0 Å². The smallest absolute Gasteiger partial charge is 0.250 e. The minimum Gasteiger partial charge on any atom is -0.297 e. The van der Waals surface area contributed by atoms with Crippen molar-refractivity contribution in [2.75, 3.05) is 11.1 Å². The minimum atomic E-state index is -1.12. The highest BCUT2D eigenvalue weighted by Gasteiger charge is 2.09. The van der Waals surface area contributed by atoms with Crippen LogP contribution < -0.4 is 5.32 Å². The van der Waals surface area contributed by atoms with Crippen LogP contribution in [0.3, 0.4) is 0 Å². The van der Waals surface area contributed by atoms with Gasteiger partial charge in [-0.05, 0) is 30.0 Å². The number of anilines is 1. The number of aromatic nitrogens is 2. The average molecular weight is 355 g/mol. The molecule has 9 heteroatoms. The van der Waals surface area contributed by atoms with Gasteiger partial charge in [0, 0.05) is 11.6 Å². The molecule has 0 aliphatic rings. The molecular weight excluding hydrogens is 344 g/mol. The number of nitrogens with zero attached hydrogens (tertiary/aromatic N) is 2. The second kappa shape index (κ2) is 7.93. The fraction of sp³-hybridized carbons (Fsp3) is 0.143. The number of nitrogens with one attached hydrogen (secondary N) is 1. The van der Waals surface area contributed by atoms with Crippen LogP contribution in [-0.4, -0.2) is 27.6 Å². The second-order valence-corrected chi connectivity index (χ2v) is 6.61. The van der Waals surface area contributed by atoms with Gasteiger partial charge in [-0.25, -0.2) is 8.78 Å². The van der Waals surface area contributed by atoms with E-state index in [1.54, 1.807) is 0 Å². The van der Waals surface area contributed by atoms with E-state index in [1.165, 1.54) is 23.1 Å². The lowest BCUT2D eigenvalue weighted by atomic mass is 10.1. The Hall–Kier alpha value is -2.13. The first-order valence-electron chi connectivity index (χ1n) is 6.44. The summed E-state index contributed by atoms with van der Waals surface area (Å²) in [4.78, 5) is 23.5. The molecule has 23 heavy (non-hydrogen) atoms. The molecular formula is C14H11F2N3O2S2. The van der Waals surface area contributed by atoms with Crippen molar-refractivity contribution in [3.05, 3.63) is 47.5 Å². The molecule has 0 bridgehead atoms. The molecule has 120 valence electrons. The second-order valence-electron chi connectivity index (χ2n) is 4.12. The van der Waals surface area contributed by atoms with Gasteiger partial charge in [-0.3, -0.25) is 14.9 Å². The number of amides is 1. The molecule has 0 aliphatic carbocycles. The number of carbonyl (C=O) groups is 2. The fourth-order valence-corrected chi connectivity index (χ4v) is 3.14. The lowest BCUT2D eigenvalue weighted by molar-refractivity contribution is -0.111. The molecule has 0 atom stereocenters. The van der Waals surface area contributed by atoms with Crippen molar-refractivity contribution in [2.45, 2.75) is 11.3 Å². The fourth-order valence-electron chi connectivity index (χ4n) is 1.49. The summed E-state index contributed by atoms with van der Waals surface area (Å²) in [6.45, 7) is 1.97. The maximum atomic E-state index is 13.0. The molecule has 0 unspecified atom stereocenters. The summed E-state index contributed by atoms with van der Waals surface area (Å²) in [6.07, 6.45) is 1.97. The van der Waals surface area contributed by atoms with Crippen molar-refractivity contribution in [2.24, 2.45) is 0 Å². The summed E-state index contributed by atoms with van der Waals surface area (Å²) in [6, 6.07) is 2.77. The van der Waals surface area contributed by atoms with E-state index in [2.05, 4.69) is 15.5 Å². The third kappa shape index (κ3) is 4.93. The highest BCUT2D eigenvalue weighted by Crippen LogP contribution is 2.24. The van der Waals surface area contributed by atoms with Crippen molar-refractivity contribution in [1.29, 1.82) is 0 Å². The third-order valence-corrected chi connectivity index (χ3v) is 4.35. The summed E-state index contributed by atoms with van der Waals surface area (Å²) in [5.41, 5.74) is -0.0505. The SMILES string of the molecule is CCSc1nnc(NC(=O)/C=C/C(=O)c2ccc(F)c(F)c2)s1. The summed E-state index contributed by atoms with van der Waals surface area (Å²) >= 11 is 2.72. The molecule has 2 rings (SSSR count). The van der Waals surface area contributed by atoms with Crippen molar-refractivity contribution < 1.29 is 18.4 Å². The quantitative estimate of drug-likeness (QED) is 0.372. The van der Waals surface area contributed by atoms with Crippen LogP contribution >= 0.6 is 23.1 Å². The zero-order valence-corrected chi connectivity index (χ0v) is 13.5. The number of allylic oxidation sites excluding steroid dienone is 1. The van der Waals surface area contributed by atoms with Crippen LogP contribution in [0.1, 0.15) is 17.3 Å². The number of rotatable bonds is 6. The Morgan fingerprint density at radius 3 is 2.74 bits per heavy atom. The Bertz CT molecular complexity index is 762. The number of hydrogen-bond donors (Lipinski definition) is 1. The van der Waals surface area contributed by atoms with E-state index in [0.29, 0.717) is 5.13 Å². The topological polar surface area (TPSA) is 72.0 Å². The molecule has 1 N–H and O–H groups in total. The number of halogens is 2. The summed E-state index contributed by atoms with van der Waals surface area (Å²) < 4.78 is 26.6. The van der Waals surface area contributed by atoms with Gasteiger partial charge in [0.2, 0.25) is 11.0 Å². The Balaban J connectivity index is 1.96. The number of carbonyl (C=O) groups excluding carboxylic acids is 2. The zero-order valence-electron chi connectivity index (χ0n) is 11.9. The van der Waals surface area contributed by atoms with Crippen LogP contribution in [0.25, 0.3) is 0 Å². The highest BCUT2D eigenvalue weighted by atomic mass is 32.2. The van der Waals surface area contributed by atoms with E-state index < -0.39 is 23.3 Å². The van der Waals surface area contributed by atoms with Gasteiger partial charge in [0.15, 0.2) is 21.8 Å². The Labute approximate surface area is 138 Å². The molecule has 0 saturated heterocycles. The first kappa shape index (κ1) is 17.2. The zero-order chi connectivity index (χ0) is 16.8. The van der Waals surface area contributed by atoms with Crippen molar-refractivity contribution in [1.82, 2.24) is 10.2 Å². The maximum Gasteiger partial charge on any atom is 0.250 e. The standard InChI is InChI=1S/C14H11F2N3O2S2/c1-2-22-14-19-18-13(23-14)17-12(21)6-5-11(20)8-3-4-9(15)10(16)7-8/h3-7H,2H2,1H3,(H,17,18,21)/b6-5+. The van der Waals surface area contributed by atoms with Crippen LogP contribution in [0, 0.1) is 11.6 Å². The molecule has 0 spiro atoms. The monoisotopic (exact) mass is 355 g/mol. The van der Waals surface area contributed by atoms with Gasteiger partial charge in [-0.2, -0.15) is 0 Å². The van der Waals surface area contributed by atoms with Gasteiger partial charge >= 0.3 is 0 Å². The van der Waals surface area contributed by atoms with E-state index in [1.807, 2.05) is 6.92 Å². The van der Waals surface area contributed by atoms with Crippen molar-refractivity contribution >= 4 is 39.9 Å². The van der Waals surface area contributed by atoms with Crippen LogP contribution in [-0.2, 0) is 4.79 Å². The Morgan fingerprint density at radius 2 is 2.04 bits per heavy atom. The molecule has 0 saturated carbocycles. The lowest BCUT2D eigenvalue weighted by Crippen LogP contribution is -2.08. The molecule has 1 amide bonds. The first-order valence-corrected chi connectivity index (χ1v) is 8.24. The molecule has 0 radical (unpaired) electrons. The normalized spacial score (nSPS) is 10.9. The summed E-state index contributed by atoms with van der Waals surface area (Å²) in [5.74, 6) is -2.50. The van der Waals surface area contributed by atoms with Gasteiger partial charge in [0.25, 0.3) is 0 Å². The number of hydrogen-bond acceptors (Lipinski definition) is 6. The molecule has 5 nitrogen and oxygen atoms in total. The van der Waals surface area contributed by atoms with Crippen LogP contribution in [0.15, 0.2) is 34.7 Å². The van der Waals surface area contributed by atoms with E-state index in [9.17, 15) is 18.4 Å². The summed E-state index contributed by atoms with van der Waals surface area (Å²) in [7, 11) is 0.